The molecule has 1 heterocycles. The molecule has 0 saturated carbocycles. The Morgan fingerprint density at radius 3 is 2.43 bits per heavy atom. The highest BCUT2D eigenvalue weighted by atomic mass is 16.2. The molecule has 0 unspecified atom stereocenters. The maximum Gasteiger partial charge on any atom is 0.322 e. The summed E-state index contributed by atoms with van der Waals surface area (Å²) in [4.78, 5) is 21.7. The van der Waals surface area contributed by atoms with E-state index in [1.165, 1.54) is 0 Å². The topological polar surface area (TPSA) is 48.5 Å². The number of carbonyl (C=O) groups excluding carboxylic acids is 1. The first-order valence-corrected chi connectivity index (χ1v) is 9.87. The van der Waals surface area contributed by atoms with Crippen LogP contribution in [0.4, 0.5) is 10.5 Å². The first-order valence-electron chi connectivity index (χ1n) is 9.87. The van der Waals surface area contributed by atoms with E-state index in [0.29, 0.717) is 13.1 Å². The summed E-state index contributed by atoms with van der Waals surface area (Å²) in [7, 11) is 0. The number of rotatable bonds is 8. The summed E-state index contributed by atoms with van der Waals surface area (Å²) >= 11 is 0. The zero-order valence-corrected chi connectivity index (χ0v) is 16.6. The molecule has 0 spiro atoms. The van der Waals surface area contributed by atoms with Crippen molar-refractivity contribution in [1.82, 2.24) is 14.8 Å². The fourth-order valence-corrected chi connectivity index (χ4v) is 3.26. The number of nitrogens with zero attached hydrogens (tertiary/aromatic N) is 3. The number of hydrogen-bond acceptors (Lipinski definition) is 3. The van der Waals surface area contributed by atoms with Crippen LogP contribution in [0.15, 0.2) is 66.9 Å². The van der Waals surface area contributed by atoms with E-state index in [0.717, 1.165) is 41.8 Å². The third kappa shape index (κ3) is 5.08. The lowest BCUT2D eigenvalue weighted by atomic mass is 10.2. The second-order valence-corrected chi connectivity index (χ2v) is 6.74. The molecule has 0 radical (unpaired) electrons. The number of urea groups is 1. The van der Waals surface area contributed by atoms with E-state index in [9.17, 15) is 4.79 Å². The zero-order chi connectivity index (χ0) is 19.8. The van der Waals surface area contributed by atoms with Crippen LogP contribution in [0.1, 0.15) is 19.4 Å². The van der Waals surface area contributed by atoms with Gasteiger partial charge in [-0.15, -0.1) is 0 Å². The van der Waals surface area contributed by atoms with Gasteiger partial charge in [0.25, 0.3) is 0 Å². The van der Waals surface area contributed by atoms with Crippen molar-refractivity contribution in [3.63, 3.8) is 0 Å². The SMILES string of the molecule is CCN(CC)CCN(Cc1ccccc1)C(=O)Nc1cccc2cccnc12. The Kier molecular flexibility index (Phi) is 6.98. The predicted octanol–water partition coefficient (Wildman–Crippen LogP) is 4.61. The van der Waals surface area contributed by atoms with Gasteiger partial charge in [0.2, 0.25) is 0 Å². The van der Waals surface area contributed by atoms with Gasteiger partial charge in [0.15, 0.2) is 0 Å². The molecule has 2 amide bonds. The number of carbonyl (C=O) groups is 1. The fourth-order valence-electron chi connectivity index (χ4n) is 3.26. The average Bonchev–Trinajstić information content (AvgIpc) is 2.74. The smallest absolute Gasteiger partial charge is 0.319 e. The molecular weight excluding hydrogens is 348 g/mol. The Bertz CT molecular complexity index is 888. The Morgan fingerprint density at radius 2 is 1.68 bits per heavy atom. The Morgan fingerprint density at radius 1 is 0.929 bits per heavy atom. The van der Waals surface area contributed by atoms with E-state index in [2.05, 4.69) is 41.2 Å². The van der Waals surface area contributed by atoms with Crippen LogP contribution in [-0.2, 0) is 6.54 Å². The highest BCUT2D eigenvalue weighted by molar-refractivity contribution is 5.99. The number of likely N-dealkylation sites (N-methyl/N-ethyl adjacent to an activating group) is 1. The summed E-state index contributed by atoms with van der Waals surface area (Å²) < 4.78 is 0. The Labute approximate surface area is 167 Å². The van der Waals surface area contributed by atoms with Crippen LogP contribution in [0.5, 0.6) is 0 Å². The summed E-state index contributed by atoms with van der Waals surface area (Å²) in [6.07, 6.45) is 1.75. The average molecular weight is 377 g/mol. The largest absolute Gasteiger partial charge is 0.322 e. The maximum atomic E-state index is 13.1. The van der Waals surface area contributed by atoms with Crippen LogP contribution in [0.2, 0.25) is 0 Å². The number of hydrogen-bond donors (Lipinski definition) is 1. The molecule has 146 valence electrons. The number of para-hydroxylation sites is 1. The van der Waals surface area contributed by atoms with Gasteiger partial charge in [-0.2, -0.15) is 0 Å². The number of aromatic nitrogens is 1. The molecule has 0 saturated heterocycles. The third-order valence-electron chi connectivity index (χ3n) is 4.96. The summed E-state index contributed by atoms with van der Waals surface area (Å²) in [6.45, 7) is 8.34. The number of fused-ring (bicyclic) bond motifs is 1. The summed E-state index contributed by atoms with van der Waals surface area (Å²) in [5, 5.41) is 4.08. The van der Waals surface area contributed by atoms with Gasteiger partial charge in [0, 0.05) is 31.2 Å². The van der Waals surface area contributed by atoms with Crippen molar-refractivity contribution >= 4 is 22.6 Å². The number of pyridine rings is 1. The molecule has 28 heavy (non-hydrogen) atoms. The van der Waals surface area contributed by atoms with E-state index in [1.54, 1.807) is 6.20 Å². The van der Waals surface area contributed by atoms with Crippen LogP contribution < -0.4 is 5.32 Å². The van der Waals surface area contributed by atoms with Crippen molar-refractivity contribution < 1.29 is 4.79 Å². The standard InChI is InChI=1S/C23H28N4O/c1-3-26(4-2)16-17-27(18-19-10-6-5-7-11-19)23(28)25-21-14-8-12-20-13-9-15-24-22(20)21/h5-15H,3-4,16-18H2,1-2H3,(H,25,28). The van der Waals surface area contributed by atoms with E-state index in [4.69, 9.17) is 0 Å². The van der Waals surface area contributed by atoms with Crippen LogP contribution >= 0.6 is 0 Å². The van der Waals surface area contributed by atoms with Gasteiger partial charge >= 0.3 is 6.03 Å². The second-order valence-electron chi connectivity index (χ2n) is 6.74. The van der Waals surface area contributed by atoms with E-state index in [1.807, 2.05) is 53.4 Å². The number of anilines is 1. The molecule has 1 N–H and O–H groups in total. The Balaban J connectivity index is 1.78. The first kappa shape index (κ1) is 19.8. The number of nitrogens with one attached hydrogen (secondary N) is 1. The van der Waals surface area contributed by atoms with Crippen LogP contribution in [0.3, 0.4) is 0 Å². The van der Waals surface area contributed by atoms with Crippen molar-refractivity contribution in [3.8, 4) is 0 Å². The lowest BCUT2D eigenvalue weighted by Gasteiger charge is -2.27. The molecule has 0 aliphatic rings. The van der Waals surface area contributed by atoms with Crippen molar-refractivity contribution in [3.05, 3.63) is 72.4 Å². The molecule has 3 aromatic rings. The monoisotopic (exact) mass is 376 g/mol. The minimum absolute atomic E-state index is 0.103. The zero-order valence-electron chi connectivity index (χ0n) is 16.6. The second kappa shape index (κ2) is 9.85. The van der Waals surface area contributed by atoms with Crippen molar-refractivity contribution in [2.45, 2.75) is 20.4 Å². The predicted molar refractivity (Wildman–Crippen MR) is 115 cm³/mol. The summed E-state index contributed by atoms with van der Waals surface area (Å²) in [5.74, 6) is 0. The fraction of sp³-hybridized carbons (Fsp3) is 0.304. The molecule has 0 bridgehead atoms. The molecule has 1 aromatic heterocycles. The lowest BCUT2D eigenvalue weighted by Crippen LogP contribution is -2.40. The highest BCUT2D eigenvalue weighted by Crippen LogP contribution is 2.21. The molecular formula is C23H28N4O. The third-order valence-corrected chi connectivity index (χ3v) is 4.96. The van der Waals surface area contributed by atoms with E-state index >= 15 is 0 Å². The summed E-state index contributed by atoms with van der Waals surface area (Å²) in [5.41, 5.74) is 2.67. The minimum atomic E-state index is -0.103. The molecule has 3 rings (SSSR count). The van der Waals surface area contributed by atoms with Crippen LogP contribution in [-0.4, -0.2) is 47.0 Å². The van der Waals surface area contributed by atoms with Crippen molar-refractivity contribution in [2.24, 2.45) is 0 Å². The molecule has 0 aliphatic carbocycles. The van der Waals surface area contributed by atoms with Gasteiger partial charge < -0.3 is 15.1 Å². The molecule has 0 aliphatic heterocycles. The molecule has 2 aromatic carbocycles. The first-order chi connectivity index (χ1) is 13.7. The van der Waals surface area contributed by atoms with E-state index < -0.39 is 0 Å². The normalized spacial score (nSPS) is 11.0. The van der Waals surface area contributed by atoms with Gasteiger partial charge in [-0.3, -0.25) is 4.98 Å². The lowest BCUT2D eigenvalue weighted by molar-refractivity contribution is 0.194. The molecule has 0 atom stereocenters. The van der Waals surface area contributed by atoms with Gasteiger partial charge in [0.05, 0.1) is 11.2 Å². The number of amides is 2. The molecule has 5 nitrogen and oxygen atoms in total. The van der Waals surface area contributed by atoms with Crippen LogP contribution in [0.25, 0.3) is 10.9 Å². The molecule has 0 fully saturated rings. The number of benzene rings is 2. The van der Waals surface area contributed by atoms with Gasteiger partial charge in [-0.1, -0.05) is 62.4 Å². The Hall–Kier alpha value is -2.92. The quantitative estimate of drug-likeness (QED) is 0.624. The van der Waals surface area contributed by atoms with Crippen molar-refractivity contribution in [1.29, 1.82) is 0 Å². The maximum absolute atomic E-state index is 13.1. The highest BCUT2D eigenvalue weighted by Gasteiger charge is 2.16. The van der Waals surface area contributed by atoms with Gasteiger partial charge in [-0.05, 0) is 30.8 Å². The van der Waals surface area contributed by atoms with Crippen LogP contribution in [0, 0.1) is 0 Å². The van der Waals surface area contributed by atoms with Gasteiger partial charge in [-0.25, -0.2) is 4.79 Å². The van der Waals surface area contributed by atoms with E-state index in [-0.39, 0.29) is 6.03 Å². The molecule has 5 heteroatoms. The summed E-state index contributed by atoms with van der Waals surface area (Å²) in [6, 6.07) is 19.7. The van der Waals surface area contributed by atoms with Gasteiger partial charge in [0.1, 0.15) is 0 Å². The minimum Gasteiger partial charge on any atom is -0.319 e. The van der Waals surface area contributed by atoms with Crippen molar-refractivity contribution in [2.75, 3.05) is 31.5 Å².